The van der Waals surface area contributed by atoms with E-state index in [4.69, 9.17) is 4.74 Å². The third kappa shape index (κ3) is 3.75. The van der Waals surface area contributed by atoms with Crippen molar-refractivity contribution in [2.75, 3.05) is 19.8 Å². The number of ether oxygens (including phenoxy) is 1. The first-order valence-corrected chi connectivity index (χ1v) is 8.55. The van der Waals surface area contributed by atoms with E-state index in [1.165, 1.54) is 12.1 Å². The first kappa shape index (κ1) is 17.3. The number of halogens is 2. The smallest absolute Gasteiger partial charge is 0.223 e. The van der Waals surface area contributed by atoms with Gasteiger partial charge in [0, 0.05) is 24.9 Å². The molecule has 1 aromatic rings. The van der Waals surface area contributed by atoms with Gasteiger partial charge < -0.3 is 14.7 Å². The fourth-order valence-corrected chi connectivity index (χ4v) is 3.81. The highest BCUT2D eigenvalue weighted by Gasteiger charge is 2.39. The number of aryl methyl sites for hydroxylation is 1. The number of carbonyl (C=O) groups excluding carboxylic acids is 1. The number of hydrogen-bond donors (Lipinski definition) is 1. The van der Waals surface area contributed by atoms with Crippen LogP contribution in [0.1, 0.15) is 31.2 Å². The van der Waals surface area contributed by atoms with Crippen LogP contribution in [-0.4, -0.2) is 47.8 Å². The molecule has 1 saturated heterocycles. The van der Waals surface area contributed by atoms with Gasteiger partial charge in [-0.05, 0) is 30.9 Å². The van der Waals surface area contributed by atoms with Crippen LogP contribution in [0.4, 0.5) is 8.78 Å². The molecule has 0 radical (unpaired) electrons. The lowest BCUT2D eigenvalue weighted by atomic mass is 9.93. The number of aliphatic hydroxyl groups excluding tert-OH is 1. The van der Waals surface area contributed by atoms with E-state index in [1.54, 1.807) is 4.90 Å². The van der Waals surface area contributed by atoms with E-state index < -0.39 is 11.6 Å². The van der Waals surface area contributed by atoms with Gasteiger partial charge in [-0.25, -0.2) is 8.78 Å². The van der Waals surface area contributed by atoms with Crippen molar-refractivity contribution in [3.63, 3.8) is 0 Å². The Morgan fingerprint density at radius 2 is 2.17 bits per heavy atom. The zero-order chi connectivity index (χ0) is 17.1. The molecule has 24 heavy (non-hydrogen) atoms. The standard InChI is InChI=1S/C18H23F2NO3/c19-13-6-4-12(15(20)10-13)5-7-18(23)21-8-9-24-11-16(21)14-2-1-3-17(14)22/h4,6,10,14,16-17,22H,1-3,5,7-9,11H2. The second-order valence-electron chi connectivity index (χ2n) is 6.63. The molecule has 2 aliphatic rings. The lowest BCUT2D eigenvalue weighted by Gasteiger charge is -2.40. The van der Waals surface area contributed by atoms with E-state index in [0.29, 0.717) is 25.3 Å². The topological polar surface area (TPSA) is 49.8 Å². The number of nitrogens with zero attached hydrogens (tertiary/aromatic N) is 1. The first-order chi connectivity index (χ1) is 11.6. The summed E-state index contributed by atoms with van der Waals surface area (Å²) < 4.78 is 32.2. The summed E-state index contributed by atoms with van der Waals surface area (Å²) in [6.07, 6.45) is 2.65. The van der Waals surface area contributed by atoms with E-state index in [0.717, 1.165) is 25.3 Å². The summed E-state index contributed by atoms with van der Waals surface area (Å²) in [7, 11) is 0. The highest BCUT2D eigenvalue weighted by molar-refractivity contribution is 5.77. The number of carbonyl (C=O) groups is 1. The Balaban J connectivity index is 1.63. The van der Waals surface area contributed by atoms with Crippen molar-refractivity contribution >= 4 is 5.91 Å². The molecule has 1 heterocycles. The molecule has 0 aromatic heterocycles. The van der Waals surface area contributed by atoms with Crippen molar-refractivity contribution in [2.24, 2.45) is 5.92 Å². The molecule has 3 unspecified atom stereocenters. The van der Waals surface area contributed by atoms with Crippen molar-refractivity contribution in [1.29, 1.82) is 0 Å². The molecule has 3 rings (SSSR count). The van der Waals surface area contributed by atoms with Gasteiger partial charge in [-0.3, -0.25) is 4.79 Å². The third-order valence-corrected chi connectivity index (χ3v) is 5.13. The number of rotatable bonds is 4. The number of morpholine rings is 1. The summed E-state index contributed by atoms with van der Waals surface area (Å²) in [5, 5.41) is 10.1. The third-order valence-electron chi connectivity index (χ3n) is 5.13. The molecule has 132 valence electrons. The van der Waals surface area contributed by atoms with Crippen LogP contribution in [0, 0.1) is 17.6 Å². The Labute approximate surface area is 140 Å². The second-order valence-corrected chi connectivity index (χ2v) is 6.63. The predicted octanol–water partition coefficient (Wildman–Crippen LogP) is 2.29. The van der Waals surface area contributed by atoms with Gasteiger partial charge in [0.1, 0.15) is 11.6 Å². The van der Waals surface area contributed by atoms with Gasteiger partial charge in [0.05, 0.1) is 25.4 Å². The van der Waals surface area contributed by atoms with Crippen LogP contribution in [0.3, 0.4) is 0 Å². The maximum Gasteiger partial charge on any atom is 0.223 e. The molecule has 1 N–H and O–H groups in total. The van der Waals surface area contributed by atoms with E-state index in [-0.39, 0.29) is 36.8 Å². The zero-order valence-corrected chi connectivity index (χ0v) is 13.6. The molecule has 1 aromatic carbocycles. The van der Waals surface area contributed by atoms with Gasteiger partial charge in [0.25, 0.3) is 0 Å². The minimum absolute atomic E-state index is 0.0526. The Bertz CT molecular complexity index is 596. The van der Waals surface area contributed by atoms with Crippen molar-refractivity contribution in [3.05, 3.63) is 35.4 Å². The Hall–Kier alpha value is -1.53. The van der Waals surface area contributed by atoms with Gasteiger partial charge in [0.15, 0.2) is 0 Å². The fraction of sp³-hybridized carbons (Fsp3) is 0.611. The average molecular weight is 339 g/mol. The molecule has 0 bridgehead atoms. The van der Waals surface area contributed by atoms with Crippen molar-refractivity contribution in [2.45, 2.75) is 44.2 Å². The Morgan fingerprint density at radius 1 is 1.33 bits per heavy atom. The molecule has 6 heteroatoms. The van der Waals surface area contributed by atoms with E-state index in [9.17, 15) is 18.7 Å². The van der Waals surface area contributed by atoms with Gasteiger partial charge in [-0.2, -0.15) is 0 Å². The van der Waals surface area contributed by atoms with E-state index >= 15 is 0 Å². The molecule has 0 spiro atoms. The summed E-state index contributed by atoms with van der Waals surface area (Å²) >= 11 is 0. The fourth-order valence-electron chi connectivity index (χ4n) is 3.81. The molecule has 4 nitrogen and oxygen atoms in total. The molecule has 1 aliphatic carbocycles. The quantitative estimate of drug-likeness (QED) is 0.916. The van der Waals surface area contributed by atoms with Crippen molar-refractivity contribution in [1.82, 2.24) is 4.90 Å². The van der Waals surface area contributed by atoms with Gasteiger partial charge in [-0.1, -0.05) is 12.5 Å². The molecular formula is C18H23F2NO3. The van der Waals surface area contributed by atoms with Crippen molar-refractivity contribution < 1.29 is 23.4 Å². The summed E-state index contributed by atoms with van der Waals surface area (Å²) in [6, 6.07) is 3.32. The zero-order valence-electron chi connectivity index (χ0n) is 13.6. The summed E-state index contributed by atoms with van der Waals surface area (Å²) in [6.45, 7) is 1.42. The number of hydrogen-bond acceptors (Lipinski definition) is 3. The predicted molar refractivity (Wildman–Crippen MR) is 84.3 cm³/mol. The Morgan fingerprint density at radius 3 is 2.88 bits per heavy atom. The molecular weight excluding hydrogens is 316 g/mol. The van der Waals surface area contributed by atoms with Crippen LogP contribution < -0.4 is 0 Å². The highest BCUT2D eigenvalue weighted by Crippen LogP contribution is 2.32. The largest absolute Gasteiger partial charge is 0.393 e. The van der Waals surface area contributed by atoms with Crippen LogP contribution in [0.5, 0.6) is 0 Å². The van der Waals surface area contributed by atoms with Crippen LogP contribution in [-0.2, 0) is 16.0 Å². The lowest BCUT2D eigenvalue weighted by Crippen LogP contribution is -2.53. The second kappa shape index (κ2) is 7.57. The maximum atomic E-state index is 13.7. The summed E-state index contributed by atoms with van der Waals surface area (Å²) in [5.74, 6) is -1.25. The summed E-state index contributed by atoms with van der Waals surface area (Å²) in [4.78, 5) is 14.4. The molecule has 2 fully saturated rings. The minimum Gasteiger partial charge on any atom is -0.393 e. The minimum atomic E-state index is -0.619. The molecule has 1 aliphatic heterocycles. The summed E-state index contributed by atoms with van der Waals surface area (Å²) in [5.41, 5.74) is 0.343. The van der Waals surface area contributed by atoms with Crippen LogP contribution in [0.15, 0.2) is 18.2 Å². The highest BCUT2D eigenvalue weighted by atomic mass is 19.1. The normalized spacial score (nSPS) is 27.5. The first-order valence-electron chi connectivity index (χ1n) is 8.55. The van der Waals surface area contributed by atoms with Crippen molar-refractivity contribution in [3.8, 4) is 0 Å². The van der Waals surface area contributed by atoms with Crippen LogP contribution in [0.2, 0.25) is 0 Å². The van der Waals surface area contributed by atoms with Gasteiger partial charge >= 0.3 is 0 Å². The average Bonchev–Trinajstić information content (AvgIpc) is 2.99. The molecule has 1 amide bonds. The van der Waals surface area contributed by atoms with Gasteiger partial charge in [0.2, 0.25) is 5.91 Å². The number of amides is 1. The number of benzene rings is 1. The van der Waals surface area contributed by atoms with Gasteiger partial charge in [-0.15, -0.1) is 0 Å². The van der Waals surface area contributed by atoms with E-state index in [1.807, 2.05) is 0 Å². The monoisotopic (exact) mass is 339 g/mol. The molecule has 1 saturated carbocycles. The Kier molecular flexibility index (Phi) is 5.46. The van der Waals surface area contributed by atoms with Crippen LogP contribution >= 0.6 is 0 Å². The van der Waals surface area contributed by atoms with E-state index in [2.05, 4.69) is 0 Å². The SMILES string of the molecule is O=C(CCc1ccc(F)cc1F)N1CCOCC1C1CCCC1O. The molecule has 3 atom stereocenters. The number of aliphatic hydroxyl groups is 1. The lowest BCUT2D eigenvalue weighted by molar-refractivity contribution is -0.143. The van der Waals surface area contributed by atoms with Crippen LogP contribution in [0.25, 0.3) is 0 Å². The maximum absolute atomic E-state index is 13.7.